The molecule has 0 saturated heterocycles. The van der Waals surface area contributed by atoms with Crippen molar-refractivity contribution in [3.63, 3.8) is 0 Å². The van der Waals surface area contributed by atoms with Crippen LogP contribution >= 0.6 is 11.3 Å². The van der Waals surface area contributed by atoms with Gasteiger partial charge in [0, 0.05) is 53.7 Å². The Morgan fingerprint density at radius 3 is 1.51 bits per heavy atom. The van der Waals surface area contributed by atoms with Crippen LogP contribution in [0.25, 0.3) is 91.8 Å². The van der Waals surface area contributed by atoms with E-state index in [2.05, 4.69) is 240 Å². The average molecular weight is 795 g/mol. The first kappa shape index (κ1) is 35.2. The Kier molecular flexibility index (Phi) is 8.39. The summed E-state index contributed by atoms with van der Waals surface area (Å²) in [5.41, 5.74) is 14.1. The highest BCUT2D eigenvalue weighted by Gasteiger charge is 2.17. The van der Waals surface area contributed by atoms with Gasteiger partial charge in [0.1, 0.15) is 0 Å². The second-order valence-corrected chi connectivity index (χ2v) is 16.8. The van der Waals surface area contributed by atoms with Gasteiger partial charge >= 0.3 is 0 Å². The Hall–Kier alpha value is -7.72. The molecule has 2 heterocycles. The minimum absolute atomic E-state index is 1.10. The molecular weight excluding hydrogens is 757 g/mol. The maximum absolute atomic E-state index is 2.39. The van der Waals surface area contributed by atoms with Crippen molar-refractivity contribution in [1.82, 2.24) is 4.57 Å². The zero-order valence-electron chi connectivity index (χ0n) is 33.2. The van der Waals surface area contributed by atoms with E-state index in [0.717, 1.165) is 22.7 Å². The Morgan fingerprint density at radius 1 is 0.328 bits per heavy atom. The highest BCUT2D eigenvalue weighted by molar-refractivity contribution is 7.26. The standard InChI is InChI=1S/C58H38N2S/c1-2-12-43-37-45(24-23-39(43)11-1)41-27-33-47(34-28-41)59(48-35-29-42(30-36-48)50-18-10-19-54-53-17-5-8-22-57(53)61-58(50)54)46-31-25-40(26-32-46)44-13-9-14-49(38-44)60-55-20-6-3-15-51(55)52-16-4-7-21-56(52)60/h1-38H. The Labute approximate surface area is 358 Å². The van der Waals surface area contributed by atoms with Gasteiger partial charge in [-0.3, -0.25) is 0 Å². The number of para-hydroxylation sites is 2. The van der Waals surface area contributed by atoms with Gasteiger partial charge in [0.25, 0.3) is 0 Å². The van der Waals surface area contributed by atoms with Gasteiger partial charge in [0.15, 0.2) is 0 Å². The molecule has 2 aromatic heterocycles. The summed E-state index contributed by atoms with van der Waals surface area (Å²) in [4.78, 5) is 2.37. The van der Waals surface area contributed by atoms with Crippen LogP contribution in [0.1, 0.15) is 0 Å². The molecule has 3 heteroatoms. The van der Waals surface area contributed by atoms with E-state index in [1.165, 1.54) is 86.1 Å². The van der Waals surface area contributed by atoms with E-state index in [4.69, 9.17) is 0 Å². The van der Waals surface area contributed by atoms with E-state index in [9.17, 15) is 0 Å². The quantitative estimate of drug-likeness (QED) is 0.156. The lowest BCUT2D eigenvalue weighted by Crippen LogP contribution is -2.09. The predicted molar refractivity (Wildman–Crippen MR) is 262 cm³/mol. The van der Waals surface area contributed by atoms with Gasteiger partial charge in [-0.15, -0.1) is 11.3 Å². The first-order valence-corrected chi connectivity index (χ1v) is 21.6. The third-order valence-electron chi connectivity index (χ3n) is 12.2. The van der Waals surface area contributed by atoms with Crippen molar-refractivity contribution in [3.05, 3.63) is 231 Å². The molecule has 0 aliphatic heterocycles. The Balaban J connectivity index is 0.926. The second-order valence-electron chi connectivity index (χ2n) is 15.7. The van der Waals surface area contributed by atoms with Crippen LogP contribution in [-0.2, 0) is 0 Å². The number of anilines is 3. The summed E-state index contributed by atoms with van der Waals surface area (Å²) >= 11 is 1.88. The molecule has 0 spiro atoms. The third-order valence-corrected chi connectivity index (χ3v) is 13.4. The Morgan fingerprint density at radius 2 is 0.836 bits per heavy atom. The molecule has 0 unspecified atom stereocenters. The van der Waals surface area contributed by atoms with Crippen molar-refractivity contribution in [2.75, 3.05) is 4.90 Å². The molecule has 12 rings (SSSR count). The van der Waals surface area contributed by atoms with Crippen molar-refractivity contribution in [2.24, 2.45) is 0 Å². The molecule has 2 nitrogen and oxygen atoms in total. The lowest BCUT2D eigenvalue weighted by atomic mass is 10.00. The van der Waals surface area contributed by atoms with Crippen molar-refractivity contribution in [2.45, 2.75) is 0 Å². The number of thiophene rings is 1. The molecule has 0 saturated carbocycles. The Bertz CT molecular complexity index is 3520. The summed E-state index contributed by atoms with van der Waals surface area (Å²) in [7, 11) is 0. The smallest absolute Gasteiger partial charge is 0.0541 e. The van der Waals surface area contributed by atoms with Crippen LogP contribution in [-0.4, -0.2) is 4.57 Å². The fourth-order valence-corrected chi connectivity index (χ4v) is 10.5. The van der Waals surface area contributed by atoms with E-state index in [1.54, 1.807) is 0 Å². The van der Waals surface area contributed by atoms with Gasteiger partial charge in [-0.1, -0.05) is 158 Å². The molecule has 0 aliphatic rings. The fraction of sp³-hybridized carbons (Fsp3) is 0. The number of hydrogen-bond acceptors (Lipinski definition) is 2. The predicted octanol–water partition coefficient (Wildman–Crippen LogP) is 16.8. The number of rotatable bonds is 7. The molecule has 0 amide bonds. The van der Waals surface area contributed by atoms with Gasteiger partial charge in [-0.25, -0.2) is 0 Å². The molecule has 12 aromatic rings. The van der Waals surface area contributed by atoms with Crippen LogP contribution in [0.3, 0.4) is 0 Å². The molecular formula is C58H38N2S. The van der Waals surface area contributed by atoms with E-state index in [-0.39, 0.29) is 0 Å². The van der Waals surface area contributed by atoms with E-state index >= 15 is 0 Å². The van der Waals surface area contributed by atoms with Crippen molar-refractivity contribution in [3.8, 4) is 39.1 Å². The number of benzene rings is 10. The minimum atomic E-state index is 1.10. The van der Waals surface area contributed by atoms with Crippen LogP contribution < -0.4 is 4.90 Å². The van der Waals surface area contributed by atoms with Crippen molar-refractivity contribution < 1.29 is 0 Å². The van der Waals surface area contributed by atoms with E-state index < -0.39 is 0 Å². The van der Waals surface area contributed by atoms with Gasteiger partial charge in [-0.2, -0.15) is 0 Å². The molecule has 286 valence electrons. The monoisotopic (exact) mass is 794 g/mol. The van der Waals surface area contributed by atoms with Crippen molar-refractivity contribution in [1.29, 1.82) is 0 Å². The normalized spacial score (nSPS) is 11.6. The summed E-state index contributed by atoms with van der Waals surface area (Å²) in [5.74, 6) is 0. The van der Waals surface area contributed by atoms with E-state index in [0.29, 0.717) is 0 Å². The van der Waals surface area contributed by atoms with Gasteiger partial charge in [0.2, 0.25) is 0 Å². The molecule has 61 heavy (non-hydrogen) atoms. The number of hydrogen-bond donors (Lipinski definition) is 0. The lowest BCUT2D eigenvalue weighted by Gasteiger charge is -2.26. The lowest BCUT2D eigenvalue weighted by molar-refractivity contribution is 1.18. The average Bonchev–Trinajstić information content (AvgIpc) is 3.88. The minimum Gasteiger partial charge on any atom is -0.311 e. The summed E-state index contributed by atoms with van der Waals surface area (Å²) in [6.45, 7) is 0. The zero-order valence-corrected chi connectivity index (χ0v) is 34.1. The van der Waals surface area contributed by atoms with Crippen LogP contribution in [0.5, 0.6) is 0 Å². The second kappa shape index (κ2) is 14.5. The first-order chi connectivity index (χ1) is 30.2. The summed E-state index contributed by atoms with van der Waals surface area (Å²) in [6.07, 6.45) is 0. The molecule has 0 atom stereocenters. The summed E-state index contributed by atoms with van der Waals surface area (Å²) in [5, 5.41) is 7.67. The largest absolute Gasteiger partial charge is 0.311 e. The van der Waals surface area contributed by atoms with Crippen LogP contribution in [0.15, 0.2) is 231 Å². The van der Waals surface area contributed by atoms with Gasteiger partial charge in [0.05, 0.1) is 11.0 Å². The SMILES string of the molecule is c1cc(-c2ccc(N(c3ccc(-c4ccc5ccccc5c4)cc3)c3ccc(-c4cccc5c4sc4ccccc45)cc3)cc2)cc(-n2c3ccccc3c3ccccc32)c1. The summed E-state index contributed by atoms with van der Waals surface area (Å²) < 4.78 is 5.04. The third kappa shape index (κ3) is 6.09. The number of aromatic nitrogens is 1. The first-order valence-electron chi connectivity index (χ1n) is 20.8. The number of nitrogens with zero attached hydrogens (tertiary/aromatic N) is 2. The van der Waals surface area contributed by atoms with Crippen LogP contribution in [0, 0.1) is 0 Å². The van der Waals surface area contributed by atoms with Crippen molar-refractivity contribution >= 4 is 81.1 Å². The van der Waals surface area contributed by atoms with Crippen LogP contribution in [0.4, 0.5) is 17.1 Å². The molecule has 0 N–H and O–H groups in total. The van der Waals surface area contributed by atoms with Gasteiger partial charge in [-0.05, 0) is 117 Å². The highest BCUT2D eigenvalue weighted by Crippen LogP contribution is 2.42. The highest BCUT2D eigenvalue weighted by atomic mass is 32.1. The summed E-state index contributed by atoms with van der Waals surface area (Å²) in [6, 6.07) is 84.1. The molecule has 0 radical (unpaired) electrons. The number of fused-ring (bicyclic) bond motifs is 7. The molecule has 0 aliphatic carbocycles. The maximum atomic E-state index is 2.39. The fourth-order valence-electron chi connectivity index (χ4n) is 9.21. The molecule has 0 fully saturated rings. The van der Waals surface area contributed by atoms with Crippen LogP contribution in [0.2, 0.25) is 0 Å². The molecule has 0 bridgehead atoms. The maximum Gasteiger partial charge on any atom is 0.0541 e. The van der Waals surface area contributed by atoms with E-state index in [1.807, 2.05) is 11.3 Å². The zero-order chi connectivity index (χ0) is 40.3. The topological polar surface area (TPSA) is 8.17 Å². The van der Waals surface area contributed by atoms with Gasteiger partial charge < -0.3 is 9.47 Å². The molecule has 10 aromatic carbocycles.